The second-order valence-corrected chi connectivity index (χ2v) is 3.58. The van der Waals surface area contributed by atoms with Crippen molar-refractivity contribution in [3.8, 4) is 0 Å². The molecule has 0 spiro atoms. The van der Waals surface area contributed by atoms with Crippen LogP contribution in [0.2, 0.25) is 0 Å². The summed E-state index contributed by atoms with van der Waals surface area (Å²) in [4.78, 5) is 4.54. The van der Waals surface area contributed by atoms with Crippen LogP contribution in [-0.4, -0.2) is 12.0 Å². The van der Waals surface area contributed by atoms with E-state index in [2.05, 4.69) is 16.4 Å². The number of benzene rings is 1. The highest BCUT2D eigenvalue weighted by atomic mass is 14.8. The summed E-state index contributed by atoms with van der Waals surface area (Å²) in [6.07, 6.45) is 0. The molecule has 0 aliphatic heterocycles. The lowest BCUT2D eigenvalue weighted by Crippen LogP contribution is -2.00. The second kappa shape index (κ2) is 3.87. The van der Waals surface area contributed by atoms with Gasteiger partial charge in [0.15, 0.2) is 0 Å². The van der Waals surface area contributed by atoms with Crippen LogP contribution in [0.5, 0.6) is 0 Å². The molecule has 3 heteroatoms. The molecule has 0 aliphatic carbocycles. The first-order valence-corrected chi connectivity index (χ1v) is 5.03. The van der Waals surface area contributed by atoms with Crippen molar-refractivity contribution in [3.63, 3.8) is 0 Å². The molecule has 0 radical (unpaired) electrons. The van der Waals surface area contributed by atoms with Crippen molar-refractivity contribution < 1.29 is 0 Å². The van der Waals surface area contributed by atoms with E-state index in [0.717, 1.165) is 27.8 Å². The number of aromatic nitrogens is 1. The van der Waals surface area contributed by atoms with Gasteiger partial charge in [0.25, 0.3) is 0 Å². The Hall–Kier alpha value is -1.61. The number of para-hydroxylation sites is 1. The smallest absolute Gasteiger partial charge is 0.0770 e. The molecule has 0 fully saturated rings. The lowest BCUT2D eigenvalue weighted by molar-refractivity contribution is 1.07. The summed E-state index contributed by atoms with van der Waals surface area (Å²) >= 11 is 0. The Morgan fingerprint density at radius 3 is 2.87 bits per heavy atom. The number of nitrogens with two attached hydrogens (primary N) is 1. The molecule has 0 atom stereocenters. The standard InChI is InChI=1S/C12H15N3/c1-8-6-11(14-2)10-5-3-4-9(7-13)12(10)15-8/h3-6H,7,13H2,1-2H3,(H,14,15). The van der Waals surface area contributed by atoms with Crippen LogP contribution in [0.15, 0.2) is 24.3 Å². The molecule has 2 aromatic rings. The van der Waals surface area contributed by atoms with Gasteiger partial charge in [0, 0.05) is 30.4 Å². The average molecular weight is 201 g/mol. The summed E-state index contributed by atoms with van der Waals surface area (Å²) in [5.74, 6) is 0. The molecular weight excluding hydrogens is 186 g/mol. The molecule has 0 unspecified atom stereocenters. The van der Waals surface area contributed by atoms with Crippen LogP contribution in [0.4, 0.5) is 5.69 Å². The third-order valence-electron chi connectivity index (χ3n) is 2.54. The fourth-order valence-corrected chi connectivity index (χ4v) is 1.81. The highest BCUT2D eigenvalue weighted by Crippen LogP contribution is 2.24. The maximum Gasteiger partial charge on any atom is 0.0770 e. The number of hydrogen-bond donors (Lipinski definition) is 2. The van der Waals surface area contributed by atoms with E-state index in [-0.39, 0.29) is 0 Å². The molecule has 1 heterocycles. The third-order valence-corrected chi connectivity index (χ3v) is 2.54. The summed E-state index contributed by atoms with van der Waals surface area (Å²) in [6, 6.07) is 8.14. The molecule has 3 N–H and O–H groups in total. The highest BCUT2D eigenvalue weighted by Gasteiger charge is 2.05. The Kier molecular flexibility index (Phi) is 2.56. The molecule has 1 aromatic carbocycles. The van der Waals surface area contributed by atoms with Crippen LogP contribution in [0.25, 0.3) is 10.9 Å². The van der Waals surface area contributed by atoms with Gasteiger partial charge in [0.1, 0.15) is 0 Å². The van der Waals surface area contributed by atoms with Crippen LogP contribution in [0.1, 0.15) is 11.3 Å². The fraction of sp³-hybridized carbons (Fsp3) is 0.250. The average Bonchev–Trinajstić information content (AvgIpc) is 2.27. The van der Waals surface area contributed by atoms with Crippen molar-refractivity contribution in [1.82, 2.24) is 4.98 Å². The number of aryl methyl sites for hydroxylation is 1. The number of hydrogen-bond acceptors (Lipinski definition) is 3. The molecule has 0 saturated heterocycles. The third kappa shape index (κ3) is 1.66. The first-order valence-electron chi connectivity index (χ1n) is 5.03. The zero-order chi connectivity index (χ0) is 10.8. The van der Waals surface area contributed by atoms with E-state index in [9.17, 15) is 0 Å². The molecule has 0 bridgehead atoms. The topological polar surface area (TPSA) is 50.9 Å². The van der Waals surface area contributed by atoms with Crippen LogP contribution in [0.3, 0.4) is 0 Å². The summed E-state index contributed by atoms with van der Waals surface area (Å²) in [5.41, 5.74) is 9.90. The Labute approximate surface area is 89.3 Å². The quantitative estimate of drug-likeness (QED) is 0.781. The van der Waals surface area contributed by atoms with Gasteiger partial charge in [-0.25, -0.2) is 0 Å². The van der Waals surface area contributed by atoms with Crippen LogP contribution >= 0.6 is 0 Å². The minimum atomic E-state index is 0.525. The van der Waals surface area contributed by atoms with E-state index >= 15 is 0 Å². The van der Waals surface area contributed by atoms with Crippen LogP contribution in [-0.2, 0) is 6.54 Å². The van der Waals surface area contributed by atoms with Gasteiger partial charge in [-0.15, -0.1) is 0 Å². The SMILES string of the molecule is CNc1cc(C)nc2c(CN)cccc12. The summed E-state index contributed by atoms with van der Waals surface area (Å²) in [5, 5.41) is 4.31. The fourth-order valence-electron chi connectivity index (χ4n) is 1.81. The Morgan fingerprint density at radius 1 is 1.40 bits per heavy atom. The number of nitrogens with one attached hydrogen (secondary N) is 1. The zero-order valence-electron chi connectivity index (χ0n) is 9.04. The van der Waals surface area contributed by atoms with Crippen LogP contribution in [0, 0.1) is 6.92 Å². The van der Waals surface area contributed by atoms with Crippen molar-refractivity contribution in [2.45, 2.75) is 13.5 Å². The molecule has 0 amide bonds. The van der Waals surface area contributed by atoms with Gasteiger partial charge >= 0.3 is 0 Å². The van der Waals surface area contributed by atoms with Gasteiger partial charge < -0.3 is 11.1 Å². The predicted molar refractivity (Wildman–Crippen MR) is 63.9 cm³/mol. The molecule has 2 rings (SSSR count). The molecular formula is C12H15N3. The van der Waals surface area contributed by atoms with E-state index in [1.807, 2.05) is 32.2 Å². The lowest BCUT2D eigenvalue weighted by atomic mass is 10.1. The lowest BCUT2D eigenvalue weighted by Gasteiger charge is -2.09. The first-order chi connectivity index (χ1) is 7.26. The Bertz CT molecular complexity index is 491. The van der Waals surface area contributed by atoms with Gasteiger partial charge in [-0.1, -0.05) is 18.2 Å². The van der Waals surface area contributed by atoms with E-state index in [1.54, 1.807) is 0 Å². The summed E-state index contributed by atoms with van der Waals surface area (Å²) < 4.78 is 0. The predicted octanol–water partition coefficient (Wildman–Crippen LogP) is 2.04. The molecule has 15 heavy (non-hydrogen) atoms. The van der Waals surface area contributed by atoms with Crippen LogP contribution < -0.4 is 11.1 Å². The van der Waals surface area contributed by atoms with Crippen molar-refractivity contribution in [3.05, 3.63) is 35.5 Å². The van der Waals surface area contributed by atoms with Gasteiger partial charge in [-0.3, -0.25) is 4.98 Å². The summed E-state index contributed by atoms with van der Waals surface area (Å²) in [6.45, 7) is 2.52. The Morgan fingerprint density at radius 2 is 2.20 bits per heavy atom. The monoisotopic (exact) mass is 201 g/mol. The largest absolute Gasteiger partial charge is 0.388 e. The van der Waals surface area contributed by atoms with Gasteiger partial charge in [0.2, 0.25) is 0 Å². The van der Waals surface area contributed by atoms with Crippen molar-refractivity contribution >= 4 is 16.6 Å². The summed E-state index contributed by atoms with van der Waals surface area (Å²) in [7, 11) is 1.92. The van der Waals surface area contributed by atoms with Gasteiger partial charge in [-0.05, 0) is 18.6 Å². The van der Waals surface area contributed by atoms with Gasteiger partial charge in [-0.2, -0.15) is 0 Å². The van der Waals surface area contributed by atoms with E-state index in [1.165, 1.54) is 0 Å². The first kappa shape index (κ1) is 9.93. The number of anilines is 1. The minimum Gasteiger partial charge on any atom is -0.388 e. The molecule has 0 aliphatic rings. The van der Waals surface area contributed by atoms with Crippen molar-refractivity contribution in [2.24, 2.45) is 5.73 Å². The minimum absolute atomic E-state index is 0.525. The van der Waals surface area contributed by atoms with E-state index < -0.39 is 0 Å². The number of fused-ring (bicyclic) bond motifs is 1. The second-order valence-electron chi connectivity index (χ2n) is 3.58. The number of pyridine rings is 1. The Balaban J connectivity index is 2.82. The maximum atomic E-state index is 5.70. The zero-order valence-corrected chi connectivity index (χ0v) is 9.04. The van der Waals surface area contributed by atoms with E-state index in [0.29, 0.717) is 6.54 Å². The van der Waals surface area contributed by atoms with Crippen molar-refractivity contribution in [1.29, 1.82) is 0 Å². The van der Waals surface area contributed by atoms with E-state index in [4.69, 9.17) is 5.73 Å². The van der Waals surface area contributed by atoms with Crippen molar-refractivity contribution in [2.75, 3.05) is 12.4 Å². The highest BCUT2D eigenvalue weighted by molar-refractivity contribution is 5.93. The molecule has 78 valence electrons. The van der Waals surface area contributed by atoms with Gasteiger partial charge in [0.05, 0.1) is 5.52 Å². The number of rotatable bonds is 2. The molecule has 1 aromatic heterocycles. The molecule has 3 nitrogen and oxygen atoms in total. The number of nitrogens with zero attached hydrogens (tertiary/aromatic N) is 1. The molecule has 0 saturated carbocycles. The maximum absolute atomic E-state index is 5.70. The normalized spacial score (nSPS) is 10.6.